The number of rotatable bonds is 2. The van der Waals surface area contributed by atoms with Crippen molar-refractivity contribution in [3.05, 3.63) is 36.4 Å². The number of carbonyl (C=O) groups is 1. The predicted octanol–water partition coefficient (Wildman–Crippen LogP) is 1.98. The number of sulfonamides is 1. The summed E-state index contributed by atoms with van der Waals surface area (Å²) in [6.45, 7) is 4.61. The lowest BCUT2D eigenvalue weighted by molar-refractivity contribution is -0.141. The summed E-state index contributed by atoms with van der Waals surface area (Å²) in [5.74, 6) is -0.199. The van der Waals surface area contributed by atoms with Gasteiger partial charge in [-0.15, -0.1) is 0 Å². The molecule has 4 rings (SSSR count). The third-order valence-corrected chi connectivity index (χ3v) is 6.53. The van der Waals surface area contributed by atoms with Gasteiger partial charge in [-0.2, -0.15) is 0 Å². The summed E-state index contributed by atoms with van der Waals surface area (Å²) in [4.78, 5) is 14.7. The molecule has 1 saturated heterocycles. The minimum absolute atomic E-state index is 0.0523. The first-order valence-corrected chi connectivity index (χ1v) is 9.79. The van der Waals surface area contributed by atoms with Gasteiger partial charge in [0.2, 0.25) is 5.91 Å². The number of morpholine rings is 1. The highest BCUT2D eigenvalue weighted by molar-refractivity contribution is 7.93. The van der Waals surface area contributed by atoms with Crippen LogP contribution in [0, 0.1) is 0 Å². The Morgan fingerprint density at radius 3 is 2.44 bits per heavy atom. The minimum atomic E-state index is -3.70. The minimum Gasteiger partial charge on any atom is -0.372 e. The van der Waals surface area contributed by atoms with Gasteiger partial charge >= 0.3 is 0 Å². The lowest BCUT2D eigenvalue weighted by Crippen LogP contribution is -2.51. The summed E-state index contributed by atoms with van der Waals surface area (Å²) in [6, 6.07) is 10.7. The number of hydrogen-bond acceptors (Lipinski definition) is 4. The third-order valence-electron chi connectivity index (χ3n) is 4.73. The van der Waals surface area contributed by atoms with Crippen molar-refractivity contribution in [2.24, 2.45) is 0 Å². The van der Waals surface area contributed by atoms with Crippen molar-refractivity contribution in [3.63, 3.8) is 0 Å². The van der Waals surface area contributed by atoms with Gasteiger partial charge < -0.3 is 9.64 Å². The molecule has 0 bridgehead atoms. The first-order valence-electron chi connectivity index (χ1n) is 8.35. The van der Waals surface area contributed by atoms with Crippen molar-refractivity contribution in [1.82, 2.24) is 4.90 Å². The van der Waals surface area contributed by atoms with E-state index in [-0.39, 0.29) is 29.6 Å². The van der Waals surface area contributed by atoms with Crippen LogP contribution in [-0.2, 0) is 19.6 Å². The maximum absolute atomic E-state index is 12.9. The van der Waals surface area contributed by atoms with E-state index in [9.17, 15) is 13.2 Å². The molecule has 0 radical (unpaired) electrons. The standard InChI is InChI=1S/C18H20N2O4S/c1-12-9-19(10-13(2)24-12)17(21)11-20-15-7-3-5-14-6-4-8-16(18(14)15)25(20,22)23/h3-8,12-13H,9-11H2,1-2H3/t12-,13-/m1/s1. The molecule has 2 aromatic carbocycles. The Morgan fingerprint density at radius 1 is 1.12 bits per heavy atom. The first kappa shape index (κ1) is 16.4. The molecule has 132 valence electrons. The molecule has 0 spiro atoms. The summed E-state index contributed by atoms with van der Waals surface area (Å²) in [5, 5.41) is 1.56. The Morgan fingerprint density at radius 2 is 1.76 bits per heavy atom. The SMILES string of the molecule is C[C@@H]1CN(C(=O)CN2c3cccc4cccc(c34)S2(=O)=O)C[C@@H](C)O1. The number of benzene rings is 2. The Kier molecular flexibility index (Phi) is 3.73. The van der Waals surface area contributed by atoms with Crippen molar-refractivity contribution < 1.29 is 17.9 Å². The normalized spacial score (nSPS) is 24.7. The molecule has 1 fully saturated rings. The van der Waals surface area contributed by atoms with Crippen LogP contribution in [0.5, 0.6) is 0 Å². The maximum Gasteiger partial charge on any atom is 0.265 e. The van der Waals surface area contributed by atoms with Crippen molar-refractivity contribution in [2.45, 2.75) is 31.0 Å². The topological polar surface area (TPSA) is 66.9 Å². The molecule has 0 saturated carbocycles. The van der Waals surface area contributed by atoms with Crippen molar-refractivity contribution in [2.75, 3.05) is 23.9 Å². The van der Waals surface area contributed by atoms with Gasteiger partial charge in [0.15, 0.2) is 0 Å². The number of hydrogen-bond donors (Lipinski definition) is 0. The quantitative estimate of drug-likeness (QED) is 0.821. The van der Waals surface area contributed by atoms with E-state index in [2.05, 4.69) is 0 Å². The second-order valence-electron chi connectivity index (χ2n) is 6.70. The highest BCUT2D eigenvalue weighted by Crippen LogP contribution is 2.41. The molecule has 0 aromatic heterocycles. The highest BCUT2D eigenvalue weighted by atomic mass is 32.2. The van der Waals surface area contributed by atoms with E-state index in [1.165, 1.54) is 4.31 Å². The van der Waals surface area contributed by atoms with Crippen molar-refractivity contribution in [3.8, 4) is 0 Å². The van der Waals surface area contributed by atoms with Crippen LogP contribution in [0.2, 0.25) is 0 Å². The van der Waals surface area contributed by atoms with Crippen LogP contribution in [0.25, 0.3) is 10.8 Å². The molecule has 2 aromatic rings. The molecule has 7 heteroatoms. The van der Waals surface area contributed by atoms with Gasteiger partial charge in [0.1, 0.15) is 6.54 Å². The average Bonchev–Trinajstić information content (AvgIpc) is 2.77. The van der Waals surface area contributed by atoms with Crippen LogP contribution in [0.1, 0.15) is 13.8 Å². The summed E-state index contributed by atoms with van der Waals surface area (Å²) in [5.41, 5.74) is 0.579. The van der Waals surface area contributed by atoms with E-state index in [1.807, 2.05) is 32.0 Å². The van der Waals surface area contributed by atoms with E-state index < -0.39 is 10.0 Å². The second kappa shape index (κ2) is 5.71. The lowest BCUT2D eigenvalue weighted by atomic mass is 10.1. The molecule has 0 unspecified atom stereocenters. The molecule has 25 heavy (non-hydrogen) atoms. The van der Waals surface area contributed by atoms with Crippen LogP contribution in [0.4, 0.5) is 5.69 Å². The van der Waals surface area contributed by atoms with E-state index in [1.54, 1.807) is 23.1 Å². The fourth-order valence-corrected chi connectivity index (χ4v) is 5.39. The summed E-state index contributed by atoms with van der Waals surface area (Å²) in [6.07, 6.45) is -0.105. The Bertz CT molecular complexity index is 941. The highest BCUT2D eigenvalue weighted by Gasteiger charge is 2.38. The smallest absolute Gasteiger partial charge is 0.265 e. The zero-order valence-corrected chi connectivity index (χ0v) is 15.0. The fraction of sp³-hybridized carbons (Fsp3) is 0.389. The first-order chi connectivity index (χ1) is 11.9. The largest absolute Gasteiger partial charge is 0.372 e. The van der Waals surface area contributed by atoms with Gasteiger partial charge in [0, 0.05) is 18.5 Å². The summed E-state index contributed by atoms with van der Waals surface area (Å²) >= 11 is 0. The van der Waals surface area contributed by atoms with Crippen molar-refractivity contribution >= 4 is 32.4 Å². The van der Waals surface area contributed by atoms with E-state index in [0.717, 1.165) is 5.39 Å². The third kappa shape index (κ3) is 2.58. The molecular formula is C18H20N2O4S. The molecule has 2 aliphatic rings. The van der Waals surface area contributed by atoms with Gasteiger partial charge in [-0.3, -0.25) is 9.10 Å². The summed E-state index contributed by atoms with van der Waals surface area (Å²) in [7, 11) is -3.70. The number of ether oxygens (including phenoxy) is 1. The number of amides is 1. The Balaban J connectivity index is 1.68. The van der Waals surface area contributed by atoms with Crippen LogP contribution >= 0.6 is 0 Å². The van der Waals surface area contributed by atoms with Gasteiger partial charge in [-0.05, 0) is 31.4 Å². The van der Waals surface area contributed by atoms with Gasteiger partial charge in [-0.1, -0.05) is 24.3 Å². The molecule has 2 aliphatic heterocycles. The van der Waals surface area contributed by atoms with Crippen LogP contribution in [-0.4, -0.2) is 51.1 Å². The van der Waals surface area contributed by atoms with Crippen LogP contribution in [0.3, 0.4) is 0 Å². The van der Waals surface area contributed by atoms with Crippen LogP contribution in [0.15, 0.2) is 41.3 Å². The van der Waals surface area contributed by atoms with E-state index in [0.29, 0.717) is 24.2 Å². The molecular weight excluding hydrogens is 340 g/mol. The van der Waals surface area contributed by atoms with Gasteiger partial charge in [0.05, 0.1) is 22.8 Å². The molecule has 2 heterocycles. The summed E-state index contributed by atoms with van der Waals surface area (Å²) < 4.78 is 32.8. The monoisotopic (exact) mass is 360 g/mol. The Labute approximate surface area is 147 Å². The molecule has 1 amide bonds. The van der Waals surface area contributed by atoms with Crippen LogP contribution < -0.4 is 4.31 Å². The lowest BCUT2D eigenvalue weighted by Gasteiger charge is -2.36. The Hall–Kier alpha value is -2.12. The van der Waals surface area contributed by atoms with Gasteiger partial charge in [-0.25, -0.2) is 8.42 Å². The zero-order valence-electron chi connectivity index (χ0n) is 14.2. The zero-order chi connectivity index (χ0) is 17.8. The van der Waals surface area contributed by atoms with Crippen molar-refractivity contribution in [1.29, 1.82) is 0 Å². The number of carbonyl (C=O) groups excluding carboxylic acids is 1. The molecule has 0 N–H and O–H groups in total. The number of anilines is 1. The second-order valence-corrected chi connectivity index (χ2v) is 8.53. The predicted molar refractivity (Wildman–Crippen MR) is 95.1 cm³/mol. The molecule has 0 aliphatic carbocycles. The van der Waals surface area contributed by atoms with Gasteiger partial charge in [0.25, 0.3) is 10.0 Å². The fourth-order valence-electron chi connectivity index (χ4n) is 3.73. The van der Waals surface area contributed by atoms with E-state index >= 15 is 0 Å². The number of nitrogens with zero attached hydrogens (tertiary/aromatic N) is 2. The molecule has 6 nitrogen and oxygen atoms in total. The van der Waals surface area contributed by atoms with E-state index in [4.69, 9.17) is 4.74 Å². The molecule has 2 atom stereocenters. The maximum atomic E-state index is 12.9. The average molecular weight is 360 g/mol.